The van der Waals surface area contributed by atoms with E-state index in [2.05, 4.69) is 4.85 Å². The van der Waals surface area contributed by atoms with Crippen molar-refractivity contribution in [3.05, 3.63) is 35.2 Å². The van der Waals surface area contributed by atoms with Gasteiger partial charge in [-0.2, -0.15) is 0 Å². The van der Waals surface area contributed by atoms with Crippen LogP contribution in [0.15, 0.2) is 18.2 Å². The summed E-state index contributed by atoms with van der Waals surface area (Å²) in [5, 5.41) is 17.6. The van der Waals surface area contributed by atoms with E-state index in [1.165, 1.54) is 6.07 Å². The third kappa shape index (κ3) is 1.64. The van der Waals surface area contributed by atoms with Gasteiger partial charge in [0.05, 0.1) is 6.57 Å². The lowest BCUT2D eigenvalue weighted by Gasteiger charge is -2.01. The van der Waals surface area contributed by atoms with E-state index < -0.39 is 7.12 Å². The third-order valence-electron chi connectivity index (χ3n) is 1.64. The molecule has 0 aliphatic heterocycles. The van der Waals surface area contributed by atoms with Crippen LogP contribution in [0.1, 0.15) is 5.56 Å². The first-order valence-electron chi connectivity index (χ1n) is 3.49. The molecule has 1 rings (SSSR count). The molecule has 4 heteroatoms. The minimum atomic E-state index is -1.46. The van der Waals surface area contributed by atoms with Crippen molar-refractivity contribution in [3.8, 4) is 0 Å². The van der Waals surface area contributed by atoms with Crippen LogP contribution in [0, 0.1) is 13.5 Å². The molecule has 0 amide bonds. The lowest BCUT2D eigenvalue weighted by molar-refractivity contribution is 0.426. The number of nitrogens with zero attached hydrogens (tertiary/aromatic N) is 1. The maximum absolute atomic E-state index is 8.79. The maximum atomic E-state index is 8.79. The summed E-state index contributed by atoms with van der Waals surface area (Å²) >= 11 is 0. The van der Waals surface area contributed by atoms with Gasteiger partial charge in [-0.15, -0.1) is 0 Å². The van der Waals surface area contributed by atoms with Crippen LogP contribution in [0.4, 0.5) is 5.69 Å². The van der Waals surface area contributed by atoms with E-state index in [9.17, 15) is 0 Å². The zero-order valence-corrected chi connectivity index (χ0v) is 6.65. The van der Waals surface area contributed by atoms with E-state index in [0.717, 1.165) is 5.56 Å². The molecule has 1 aromatic carbocycles. The molecule has 0 aliphatic carbocycles. The summed E-state index contributed by atoms with van der Waals surface area (Å²) in [5.74, 6) is 0. The molecule has 0 aromatic heterocycles. The minimum absolute atomic E-state index is 0.417. The lowest BCUT2D eigenvalue weighted by atomic mass is 9.79. The molecule has 0 fully saturated rings. The van der Waals surface area contributed by atoms with Gasteiger partial charge in [0.25, 0.3) is 0 Å². The van der Waals surface area contributed by atoms with E-state index in [0.29, 0.717) is 11.2 Å². The van der Waals surface area contributed by atoms with Crippen molar-refractivity contribution in [2.75, 3.05) is 0 Å². The summed E-state index contributed by atoms with van der Waals surface area (Å²) in [6, 6.07) is 4.71. The Morgan fingerprint density at radius 1 is 1.42 bits per heavy atom. The van der Waals surface area contributed by atoms with Gasteiger partial charge >= 0.3 is 7.12 Å². The molecule has 60 valence electrons. The Hall–Kier alpha value is -1.31. The van der Waals surface area contributed by atoms with Crippen LogP contribution < -0.4 is 5.46 Å². The fraction of sp³-hybridized carbons (Fsp3) is 0.125. The molecular formula is C8H8BNO2. The van der Waals surface area contributed by atoms with Crippen LogP contribution in [0.5, 0.6) is 0 Å². The molecule has 0 unspecified atom stereocenters. The fourth-order valence-electron chi connectivity index (χ4n) is 0.965. The standard InChI is InChI=1S/C8H8BNO2/c1-6-5-7(9(11)12)3-4-8(6)10-2/h3-5,11-12H,1H3. The van der Waals surface area contributed by atoms with Crippen molar-refractivity contribution in [1.29, 1.82) is 0 Å². The van der Waals surface area contributed by atoms with Crippen LogP contribution in [0.2, 0.25) is 0 Å². The maximum Gasteiger partial charge on any atom is 0.488 e. The molecule has 0 aliphatic rings. The molecule has 0 saturated heterocycles. The molecule has 0 heterocycles. The van der Waals surface area contributed by atoms with E-state index in [1.54, 1.807) is 19.1 Å². The molecule has 12 heavy (non-hydrogen) atoms. The first kappa shape index (κ1) is 8.79. The van der Waals surface area contributed by atoms with Crippen LogP contribution in [0.3, 0.4) is 0 Å². The van der Waals surface area contributed by atoms with E-state index in [1.807, 2.05) is 0 Å². The van der Waals surface area contributed by atoms with Crippen LogP contribution >= 0.6 is 0 Å². The predicted octanol–water partition coefficient (Wildman–Crippen LogP) is 0.226. The largest absolute Gasteiger partial charge is 0.488 e. The molecule has 0 atom stereocenters. The first-order chi connectivity index (χ1) is 5.65. The monoisotopic (exact) mass is 161 g/mol. The third-order valence-corrected chi connectivity index (χ3v) is 1.64. The summed E-state index contributed by atoms with van der Waals surface area (Å²) in [7, 11) is -1.46. The second kappa shape index (κ2) is 3.39. The summed E-state index contributed by atoms with van der Waals surface area (Å²) in [5.41, 5.74) is 1.72. The molecular weight excluding hydrogens is 153 g/mol. The highest BCUT2D eigenvalue weighted by atomic mass is 16.4. The van der Waals surface area contributed by atoms with Gasteiger partial charge < -0.3 is 10.0 Å². The highest BCUT2D eigenvalue weighted by Gasteiger charge is 2.11. The van der Waals surface area contributed by atoms with Gasteiger partial charge in [-0.25, -0.2) is 4.85 Å². The van der Waals surface area contributed by atoms with Gasteiger partial charge in [0.1, 0.15) is 0 Å². The van der Waals surface area contributed by atoms with Crippen molar-refractivity contribution in [2.24, 2.45) is 0 Å². The van der Waals surface area contributed by atoms with Crippen molar-refractivity contribution in [3.63, 3.8) is 0 Å². The Balaban J connectivity index is 3.12. The highest BCUT2D eigenvalue weighted by molar-refractivity contribution is 6.58. The van der Waals surface area contributed by atoms with E-state index in [-0.39, 0.29) is 0 Å². The van der Waals surface area contributed by atoms with Gasteiger partial charge in [-0.05, 0) is 17.9 Å². The van der Waals surface area contributed by atoms with E-state index >= 15 is 0 Å². The minimum Gasteiger partial charge on any atom is -0.423 e. The van der Waals surface area contributed by atoms with Crippen LogP contribution in [0.25, 0.3) is 4.85 Å². The predicted molar refractivity (Wildman–Crippen MR) is 47.3 cm³/mol. The number of rotatable bonds is 1. The number of hydrogen-bond donors (Lipinski definition) is 2. The quantitative estimate of drug-likeness (QED) is 0.457. The Labute approximate surface area is 71.2 Å². The molecule has 0 bridgehead atoms. The Morgan fingerprint density at radius 2 is 2.08 bits per heavy atom. The topological polar surface area (TPSA) is 44.8 Å². The van der Waals surface area contributed by atoms with Gasteiger partial charge in [-0.1, -0.05) is 18.2 Å². The van der Waals surface area contributed by atoms with Crippen LogP contribution in [-0.4, -0.2) is 17.2 Å². The zero-order chi connectivity index (χ0) is 9.14. The Kier molecular flexibility index (Phi) is 2.49. The summed E-state index contributed by atoms with van der Waals surface area (Å²) in [4.78, 5) is 3.26. The highest BCUT2D eigenvalue weighted by Crippen LogP contribution is 2.15. The SMILES string of the molecule is [C-]#[N+]c1ccc(B(O)O)cc1C. The average molecular weight is 161 g/mol. The zero-order valence-electron chi connectivity index (χ0n) is 6.65. The van der Waals surface area contributed by atoms with Crippen molar-refractivity contribution in [1.82, 2.24) is 0 Å². The van der Waals surface area contributed by atoms with Crippen molar-refractivity contribution in [2.45, 2.75) is 6.92 Å². The molecule has 1 aromatic rings. The second-order valence-electron chi connectivity index (χ2n) is 2.53. The number of aryl methyl sites for hydroxylation is 1. The van der Waals surface area contributed by atoms with Crippen molar-refractivity contribution < 1.29 is 10.0 Å². The normalized spacial score (nSPS) is 9.17. The van der Waals surface area contributed by atoms with Gasteiger partial charge in [-0.3, -0.25) is 0 Å². The summed E-state index contributed by atoms with van der Waals surface area (Å²) in [6.45, 7) is 8.53. The smallest absolute Gasteiger partial charge is 0.423 e. The number of benzene rings is 1. The molecule has 0 spiro atoms. The fourth-order valence-corrected chi connectivity index (χ4v) is 0.965. The first-order valence-corrected chi connectivity index (χ1v) is 3.49. The van der Waals surface area contributed by atoms with Crippen LogP contribution in [-0.2, 0) is 0 Å². The lowest BCUT2D eigenvalue weighted by Crippen LogP contribution is -2.29. The van der Waals surface area contributed by atoms with Gasteiger partial charge in [0, 0.05) is 0 Å². The second-order valence-corrected chi connectivity index (χ2v) is 2.53. The van der Waals surface area contributed by atoms with Crippen molar-refractivity contribution >= 4 is 18.3 Å². The molecule has 0 saturated carbocycles. The Morgan fingerprint density at radius 3 is 2.50 bits per heavy atom. The molecule has 3 nitrogen and oxygen atoms in total. The summed E-state index contributed by atoms with van der Waals surface area (Å²) in [6.07, 6.45) is 0. The average Bonchev–Trinajstić information content (AvgIpc) is 2.04. The van der Waals surface area contributed by atoms with Gasteiger partial charge in [0.2, 0.25) is 0 Å². The molecule has 2 N–H and O–H groups in total. The number of hydrogen-bond acceptors (Lipinski definition) is 2. The molecule has 0 radical (unpaired) electrons. The van der Waals surface area contributed by atoms with Gasteiger partial charge in [0.15, 0.2) is 5.69 Å². The Bertz CT molecular complexity index is 330. The van der Waals surface area contributed by atoms with E-state index in [4.69, 9.17) is 16.6 Å². The summed E-state index contributed by atoms with van der Waals surface area (Å²) < 4.78 is 0.